The molecule has 5 aromatic rings. The summed E-state index contributed by atoms with van der Waals surface area (Å²) < 4.78 is 45.9. The van der Waals surface area contributed by atoms with Gasteiger partial charge in [-0.15, -0.1) is 13.2 Å². The van der Waals surface area contributed by atoms with Crippen LogP contribution in [0.2, 0.25) is 10.0 Å². The van der Waals surface area contributed by atoms with E-state index in [2.05, 4.69) is 4.74 Å². The highest BCUT2D eigenvalue weighted by atomic mass is 35.5. The van der Waals surface area contributed by atoms with E-state index in [-0.39, 0.29) is 12.4 Å². The Morgan fingerprint density at radius 2 is 1.23 bits per heavy atom. The van der Waals surface area contributed by atoms with Gasteiger partial charge in [0.2, 0.25) is 5.62 Å². The fourth-order valence-electron chi connectivity index (χ4n) is 4.29. The summed E-state index contributed by atoms with van der Waals surface area (Å²) in [6, 6.07) is 26.3. The highest BCUT2D eigenvalue weighted by Crippen LogP contribution is 2.29. The van der Waals surface area contributed by atoms with Crippen molar-refractivity contribution < 1.29 is 23.0 Å². The Balaban J connectivity index is 1.71. The number of hydrogen-bond donors (Lipinski definition) is 1. The van der Waals surface area contributed by atoms with Crippen LogP contribution in [0.5, 0.6) is 5.75 Å². The summed E-state index contributed by atoms with van der Waals surface area (Å²) in [6.45, 7) is 0.808. The van der Waals surface area contributed by atoms with Gasteiger partial charge in [0.25, 0.3) is 0 Å². The lowest BCUT2D eigenvalue weighted by Gasteiger charge is -2.09. The number of aliphatic hydroxyl groups excluding tert-OH is 1. The van der Waals surface area contributed by atoms with Gasteiger partial charge in [-0.2, -0.15) is 0 Å². The Kier molecular flexibility index (Phi) is 7.70. The molecule has 0 fully saturated rings. The van der Waals surface area contributed by atoms with Gasteiger partial charge in [0.05, 0.1) is 46.5 Å². The maximum Gasteiger partial charge on any atom is 0.573 e. The van der Waals surface area contributed by atoms with Crippen LogP contribution in [-0.2, 0) is 19.7 Å². The number of nitrogens with zero attached hydrogens (tertiary/aromatic N) is 3. The molecule has 0 radical (unpaired) electrons. The fraction of sp³-hybridized carbons (Fsp3) is 0.138. The molecular weight excluding hydrogens is 550 g/mol. The average molecular weight is 572 g/mol. The Morgan fingerprint density at radius 3 is 1.74 bits per heavy atom. The number of aromatic nitrogens is 2. The smallest absolute Gasteiger partial charge is 0.406 e. The van der Waals surface area contributed by atoms with Gasteiger partial charge in [-0.25, -0.2) is 4.99 Å². The highest BCUT2D eigenvalue weighted by molar-refractivity contribution is 6.42. The summed E-state index contributed by atoms with van der Waals surface area (Å²) in [4.78, 5) is 4.86. The maximum atomic E-state index is 12.7. The van der Waals surface area contributed by atoms with Crippen LogP contribution < -0.4 is 10.4 Å². The average Bonchev–Trinajstić information content (AvgIpc) is 3.16. The van der Waals surface area contributed by atoms with Gasteiger partial charge in [0.1, 0.15) is 5.75 Å². The number of halogens is 5. The predicted octanol–water partition coefficient (Wildman–Crippen LogP) is 7.47. The van der Waals surface area contributed by atoms with Crippen LogP contribution in [0, 0.1) is 0 Å². The number of alkyl halides is 3. The Labute approximate surface area is 231 Å². The van der Waals surface area contributed by atoms with Crippen LogP contribution in [0.15, 0.2) is 96.0 Å². The molecule has 0 amide bonds. The lowest BCUT2D eigenvalue weighted by Crippen LogP contribution is -2.27. The summed E-state index contributed by atoms with van der Waals surface area (Å²) in [6.07, 6.45) is -4.78. The molecule has 39 heavy (non-hydrogen) atoms. The van der Waals surface area contributed by atoms with Gasteiger partial charge >= 0.3 is 6.36 Å². The Hall–Kier alpha value is -3.72. The standard InChI is InChI=1S/C29H22Cl2F3N3O2/c30-24-14-26-27(15-25(24)31)37(17-20-6-8-21(18-38)9-7-20)28(36(26)16-19-4-2-1-3-5-19)35-22-10-12-23(13-11-22)39-29(32,33)34/h1-15,38H,16-18H2. The molecule has 0 saturated heterocycles. The molecule has 5 nitrogen and oxygen atoms in total. The lowest BCUT2D eigenvalue weighted by molar-refractivity contribution is -0.274. The first kappa shape index (κ1) is 26.9. The van der Waals surface area contributed by atoms with Gasteiger partial charge in [-0.1, -0.05) is 77.8 Å². The van der Waals surface area contributed by atoms with E-state index >= 15 is 0 Å². The molecule has 1 N–H and O–H groups in total. The molecule has 4 aromatic carbocycles. The summed E-state index contributed by atoms with van der Waals surface area (Å²) >= 11 is 12.9. The molecule has 0 aliphatic rings. The number of rotatable bonds is 7. The van der Waals surface area contributed by atoms with Crippen molar-refractivity contribution in [2.75, 3.05) is 0 Å². The third kappa shape index (κ3) is 6.30. The van der Waals surface area contributed by atoms with Crippen molar-refractivity contribution >= 4 is 39.9 Å². The van der Waals surface area contributed by atoms with E-state index < -0.39 is 6.36 Å². The second-order valence-electron chi connectivity index (χ2n) is 8.84. The number of fused-ring (bicyclic) bond motifs is 1. The number of benzene rings is 4. The summed E-state index contributed by atoms with van der Waals surface area (Å²) in [7, 11) is 0. The minimum atomic E-state index is -4.78. The molecule has 5 rings (SSSR count). The first-order valence-corrected chi connectivity index (χ1v) is 12.7. The molecule has 0 saturated carbocycles. The van der Waals surface area contributed by atoms with Gasteiger partial charge < -0.3 is 19.0 Å². The zero-order valence-electron chi connectivity index (χ0n) is 20.4. The maximum absolute atomic E-state index is 12.7. The zero-order valence-corrected chi connectivity index (χ0v) is 21.9. The van der Waals surface area contributed by atoms with Gasteiger partial charge in [-0.05, 0) is 53.1 Å². The third-order valence-electron chi connectivity index (χ3n) is 6.11. The molecule has 0 unspecified atom stereocenters. The molecule has 0 aliphatic heterocycles. The van der Waals surface area contributed by atoms with E-state index in [9.17, 15) is 18.3 Å². The van der Waals surface area contributed by atoms with Crippen molar-refractivity contribution in [3.05, 3.63) is 123 Å². The van der Waals surface area contributed by atoms with Gasteiger partial charge in [0, 0.05) is 0 Å². The molecule has 0 aliphatic carbocycles. The van der Waals surface area contributed by atoms with Crippen LogP contribution >= 0.6 is 23.2 Å². The van der Waals surface area contributed by atoms with E-state index in [0.717, 1.165) is 27.7 Å². The molecule has 200 valence electrons. The monoisotopic (exact) mass is 571 g/mol. The van der Waals surface area contributed by atoms with E-state index in [1.54, 1.807) is 12.1 Å². The highest BCUT2D eigenvalue weighted by Gasteiger charge is 2.31. The third-order valence-corrected chi connectivity index (χ3v) is 6.83. The minimum Gasteiger partial charge on any atom is -0.406 e. The molecule has 0 bridgehead atoms. The van der Waals surface area contributed by atoms with Crippen LogP contribution in [0.25, 0.3) is 11.0 Å². The van der Waals surface area contributed by atoms with Gasteiger partial charge in [0.15, 0.2) is 0 Å². The van der Waals surface area contributed by atoms with E-state index in [0.29, 0.717) is 34.4 Å². The molecule has 10 heteroatoms. The minimum absolute atomic E-state index is 0.0630. The topological polar surface area (TPSA) is 51.7 Å². The summed E-state index contributed by atoms with van der Waals surface area (Å²) in [5, 5.41) is 10.2. The van der Waals surface area contributed by atoms with Crippen molar-refractivity contribution in [2.45, 2.75) is 26.1 Å². The van der Waals surface area contributed by atoms with E-state index in [1.165, 1.54) is 24.3 Å². The molecule has 0 atom stereocenters. The van der Waals surface area contributed by atoms with Crippen molar-refractivity contribution in [2.24, 2.45) is 4.99 Å². The summed E-state index contributed by atoms with van der Waals surface area (Å²) in [5.41, 5.74) is 5.30. The number of hydrogen-bond acceptors (Lipinski definition) is 3. The molecule has 0 spiro atoms. The van der Waals surface area contributed by atoms with Crippen LogP contribution in [0.1, 0.15) is 16.7 Å². The van der Waals surface area contributed by atoms with Crippen LogP contribution in [0.3, 0.4) is 0 Å². The first-order chi connectivity index (χ1) is 18.7. The van der Waals surface area contributed by atoms with Crippen molar-refractivity contribution in [1.29, 1.82) is 0 Å². The number of imidazole rings is 1. The Bertz CT molecular complexity index is 1660. The van der Waals surface area contributed by atoms with E-state index in [4.69, 9.17) is 28.2 Å². The predicted molar refractivity (Wildman–Crippen MR) is 145 cm³/mol. The molecule has 1 heterocycles. The second-order valence-corrected chi connectivity index (χ2v) is 9.66. The number of aliphatic hydroxyl groups is 1. The van der Waals surface area contributed by atoms with Crippen molar-refractivity contribution in [3.8, 4) is 5.75 Å². The van der Waals surface area contributed by atoms with Crippen LogP contribution in [0.4, 0.5) is 18.9 Å². The molecule has 1 aromatic heterocycles. The zero-order chi connectivity index (χ0) is 27.6. The quantitative estimate of drug-likeness (QED) is 0.220. The largest absolute Gasteiger partial charge is 0.573 e. The number of ether oxygens (including phenoxy) is 1. The summed E-state index contributed by atoms with van der Waals surface area (Å²) in [5.74, 6) is -0.332. The normalized spacial score (nSPS) is 12.3. The van der Waals surface area contributed by atoms with Crippen molar-refractivity contribution in [3.63, 3.8) is 0 Å². The lowest BCUT2D eigenvalue weighted by atomic mass is 10.1. The Morgan fingerprint density at radius 1 is 0.718 bits per heavy atom. The second kappa shape index (κ2) is 11.2. The van der Waals surface area contributed by atoms with Crippen molar-refractivity contribution in [1.82, 2.24) is 9.13 Å². The van der Waals surface area contributed by atoms with Gasteiger partial charge in [-0.3, -0.25) is 0 Å². The molecular formula is C29H22Cl2F3N3O2. The first-order valence-electron chi connectivity index (χ1n) is 11.9. The van der Waals surface area contributed by atoms with Crippen LogP contribution in [-0.4, -0.2) is 20.6 Å². The SMILES string of the molecule is OCc1ccc(Cn2c(=Nc3ccc(OC(F)(F)F)cc3)n(Cc3ccccc3)c3cc(Cl)c(Cl)cc32)cc1. The fourth-order valence-corrected chi connectivity index (χ4v) is 4.60. The van der Waals surface area contributed by atoms with E-state index in [1.807, 2.05) is 63.7 Å².